The van der Waals surface area contributed by atoms with Crippen molar-refractivity contribution in [2.45, 2.75) is 12.5 Å². The molecule has 0 saturated carbocycles. The molecule has 0 bridgehead atoms. The van der Waals surface area contributed by atoms with Crippen molar-refractivity contribution in [2.24, 2.45) is 0 Å². The molecule has 0 fully saturated rings. The van der Waals surface area contributed by atoms with Gasteiger partial charge in [-0.25, -0.2) is 0 Å². The molecule has 2 aromatic rings. The van der Waals surface area contributed by atoms with Crippen LogP contribution < -0.4 is 10.9 Å². The number of aromatic amines is 1. The second-order valence-corrected chi connectivity index (χ2v) is 5.69. The van der Waals surface area contributed by atoms with Gasteiger partial charge in [0.25, 0.3) is 5.56 Å². The minimum Gasteiger partial charge on any atom is -0.387 e. The average molecular weight is 275 g/mol. The van der Waals surface area contributed by atoms with Gasteiger partial charge in [-0.1, -0.05) is 18.2 Å². The van der Waals surface area contributed by atoms with Gasteiger partial charge in [-0.3, -0.25) is 4.79 Å². The highest BCUT2D eigenvalue weighted by Crippen LogP contribution is 2.14. The van der Waals surface area contributed by atoms with Crippen LogP contribution in [-0.4, -0.2) is 47.8 Å². The average Bonchev–Trinajstić information content (AvgIpc) is 2.35. The van der Waals surface area contributed by atoms with E-state index in [1.54, 1.807) is 13.0 Å². The third kappa shape index (κ3) is 3.59. The van der Waals surface area contributed by atoms with Gasteiger partial charge in [0.2, 0.25) is 0 Å². The molecule has 20 heavy (non-hydrogen) atoms. The fourth-order valence-electron chi connectivity index (χ4n) is 2.33. The van der Waals surface area contributed by atoms with Gasteiger partial charge in [-0.05, 0) is 38.5 Å². The van der Waals surface area contributed by atoms with E-state index in [-0.39, 0.29) is 5.56 Å². The SMILES string of the molecule is CN(C)CC(C)(O)CNc1cc2ccccc2c(=O)[nH]1. The number of nitrogens with zero attached hydrogens (tertiary/aromatic N) is 1. The Morgan fingerprint density at radius 2 is 2.05 bits per heavy atom. The van der Waals surface area contributed by atoms with Crippen molar-refractivity contribution >= 4 is 16.6 Å². The van der Waals surface area contributed by atoms with E-state index in [4.69, 9.17) is 0 Å². The molecule has 108 valence electrons. The van der Waals surface area contributed by atoms with E-state index in [1.807, 2.05) is 43.3 Å². The van der Waals surface area contributed by atoms with Crippen molar-refractivity contribution in [2.75, 3.05) is 32.5 Å². The summed E-state index contributed by atoms with van der Waals surface area (Å²) in [6.45, 7) is 2.66. The number of nitrogens with one attached hydrogen (secondary N) is 2. The molecule has 3 N–H and O–H groups in total. The molecule has 0 aliphatic rings. The Kier molecular flexibility index (Phi) is 4.11. The van der Waals surface area contributed by atoms with E-state index in [2.05, 4.69) is 10.3 Å². The first-order valence-corrected chi connectivity index (χ1v) is 6.60. The maximum absolute atomic E-state index is 11.9. The first-order valence-electron chi connectivity index (χ1n) is 6.60. The van der Waals surface area contributed by atoms with E-state index >= 15 is 0 Å². The van der Waals surface area contributed by atoms with Crippen LogP contribution in [0, 0.1) is 0 Å². The van der Waals surface area contributed by atoms with Crippen LogP contribution in [0.2, 0.25) is 0 Å². The molecule has 0 spiro atoms. The summed E-state index contributed by atoms with van der Waals surface area (Å²) in [5.74, 6) is 0.618. The van der Waals surface area contributed by atoms with Crippen LogP contribution in [0.3, 0.4) is 0 Å². The topological polar surface area (TPSA) is 68.4 Å². The van der Waals surface area contributed by atoms with Gasteiger partial charge in [-0.15, -0.1) is 0 Å². The molecule has 1 aromatic heterocycles. The van der Waals surface area contributed by atoms with Gasteiger partial charge in [0.15, 0.2) is 0 Å². The number of aliphatic hydroxyl groups is 1. The second kappa shape index (κ2) is 5.64. The van der Waals surface area contributed by atoms with Crippen molar-refractivity contribution in [3.8, 4) is 0 Å². The maximum Gasteiger partial charge on any atom is 0.257 e. The monoisotopic (exact) mass is 275 g/mol. The van der Waals surface area contributed by atoms with Crippen LogP contribution in [0.5, 0.6) is 0 Å². The van der Waals surface area contributed by atoms with Crippen molar-refractivity contribution in [3.63, 3.8) is 0 Å². The largest absolute Gasteiger partial charge is 0.387 e. The lowest BCUT2D eigenvalue weighted by Gasteiger charge is -2.27. The lowest BCUT2D eigenvalue weighted by atomic mass is 10.1. The molecule has 0 amide bonds. The number of pyridine rings is 1. The third-order valence-electron chi connectivity index (χ3n) is 3.07. The summed E-state index contributed by atoms with van der Waals surface area (Å²) in [5, 5.41) is 14.9. The maximum atomic E-state index is 11.9. The van der Waals surface area contributed by atoms with Crippen LogP contribution in [0.25, 0.3) is 10.8 Å². The van der Waals surface area contributed by atoms with E-state index in [0.717, 1.165) is 5.39 Å². The van der Waals surface area contributed by atoms with Crippen molar-refractivity contribution in [1.82, 2.24) is 9.88 Å². The van der Waals surface area contributed by atoms with Crippen LogP contribution in [0.1, 0.15) is 6.92 Å². The number of anilines is 1. The van der Waals surface area contributed by atoms with Gasteiger partial charge < -0.3 is 20.3 Å². The normalized spacial score (nSPS) is 14.4. The highest BCUT2D eigenvalue weighted by molar-refractivity contribution is 5.83. The van der Waals surface area contributed by atoms with E-state index in [0.29, 0.717) is 24.3 Å². The standard InChI is InChI=1S/C15H21N3O2/c1-15(20,10-18(2)3)9-16-13-8-11-6-4-5-7-12(11)14(19)17-13/h4-8,20H,9-10H2,1-3H3,(H2,16,17,19). The number of aromatic nitrogens is 1. The lowest BCUT2D eigenvalue weighted by molar-refractivity contribution is 0.0459. The Morgan fingerprint density at radius 1 is 1.35 bits per heavy atom. The molecule has 0 radical (unpaired) electrons. The smallest absolute Gasteiger partial charge is 0.257 e. The van der Waals surface area contributed by atoms with Crippen LogP contribution >= 0.6 is 0 Å². The van der Waals surface area contributed by atoms with Gasteiger partial charge in [0, 0.05) is 18.5 Å². The highest BCUT2D eigenvalue weighted by atomic mass is 16.3. The zero-order valence-electron chi connectivity index (χ0n) is 12.1. The number of fused-ring (bicyclic) bond motifs is 1. The first-order chi connectivity index (χ1) is 9.37. The molecule has 5 nitrogen and oxygen atoms in total. The summed E-state index contributed by atoms with van der Waals surface area (Å²) in [5.41, 5.74) is -0.996. The summed E-state index contributed by atoms with van der Waals surface area (Å²) in [7, 11) is 3.82. The quantitative estimate of drug-likeness (QED) is 0.768. The fourth-order valence-corrected chi connectivity index (χ4v) is 2.33. The Hall–Kier alpha value is -1.85. The van der Waals surface area contributed by atoms with Crippen molar-refractivity contribution < 1.29 is 5.11 Å². The summed E-state index contributed by atoms with van der Waals surface area (Å²) in [6.07, 6.45) is 0. The van der Waals surface area contributed by atoms with Crippen LogP contribution in [0.4, 0.5) is 5.82 Å². The zero-order chi connectivity index (χ0) is 14.8. The number of likely N-dealkylation sites (N-methyl/N-ethyl adjacent to an activating group) is 1. The number of benzene rings is 1. The van der Waals surface area contributed by atoms with E-state index < -0.39 is 5.60 Å². The van der Waals surface area contributed by atoms with Crippen molar-refractivity contribution in [1.29, 1.82) is 0 Å². The molecule has 0 aliphatic heterocycles. The summed E-state index contributed by atoms with van der Waals surface area (Å²) in [6, 6.07) is 9.30. The highest BCUT2D eigenvalue weighted by Gasteiger charge is 2.21. The van der Waals surface area contributed by atoms with Gasteiger partial charge in [-0.2, -0.15) is 0 Å². The van der Waals surface area contributed by atoms with E-state index in [9.17, 15) is 9.90 Å². The summed E-state index contributed by atoms with van der Waals surface area (Å²) < 4.78 is 0. The fraction of sp³-hybridized carbons (Fsp3) is 0.400. The molecular formula is C15H21N3O2. The summed E-state index contributed by atoms with van der Waals surface area (Å²) in [4.78, 5) is 16.6. The lowest BCUT2D eigenvalue weighted by Crippen LogP contribution is -2.43. The van der Waals surface area contributed by atoms with Crippen LogP contribution in [0.15, 0.2) is 35.1 Å². The molecule has 2 rings (SSSR count). The Bertz CT molecular complexity index is 647. The minimum atomic E-state index is -0.869. The number of rotatable bonds is 5. The molecule has 5 heteroatoms. The molecule has 1 heterocycles. The molecule has 1 unspecified atom stereocenters. The van der Waals surface area contributed by atoms with Gasteiger partial charge in [0.1, 0.15) is 5.82 Å². The minimum absolute atomic E-state index is 0.127. The molecule has 0 aliphatic carbocycles. The first kappa shape index (κ1) is 14.6. The summed E-state index contributed by atoms with van der Waals surface area (Å²) >= 11 is 0. The van der Waals surface area contributed by atoms with Gasteiger partial charge >= 0.3 is 0 Å². The van der Waals surface area contributed by atoms with Gasteiger partial charge in [0.05, 0.1) is 5.60 Å². The number of hydrogen-bond donors (Lipinski definition) is 3. The zero-order valence-corrected chi connectivity index (χ0v) is 12.1. The molecular weight excluding hydrogens is 254 g/mol. The number of hydrogen-bond acceptors (Lipinski definition) is 4. The predicted octanol–water partition coefficient (Wildman–Crippen LogP) is 1.25. The Balaban J connectivity index is 2.16. The molecule has 1 atom stereocenters. The predicted molar refractivity (Wildman–Crippen MR) is 82.2 cm³/mol. The molecule has 1 aromatic carbocycles. The van der Waals surface area contributed by atoms with Crippen LogP contribution in [-0.2, 0) is 0 Å². The Labute approximate surface area is 118 Å². The van der Waals surface area contributed by atoms with E-state index in [1.165, 1.54) is 0 Å². The Morgan fingerprint density at radius 3 is 2.75 bits per heavy atom. The second-order valence-electron chi connectivity index (χ2n) is 5.69. The van der Waals surface area contributed by atoms with Crippen molar-refractivity contribution in [3.05, 3.63) is 40.7 Å². The molecule has 0 saturated heterocycles. The number of H-pyrrole nitrogens is 1. The third-order valence-corrected chi connectivity index (χ3v) is 3.07.